The zero-order chi connectivity index (χ0) is 18.9. The number of allylic oxidation sites excluding steroid dienone is 2. The van der Waals surface area contributed by atoms with E-state index < -0.39 is 5.96 Å². The van der Waals surface area contributed by atoms with Gasteiger partial charge in [0.25, 0.3) is 0 Å². The van der Waals surface area contributed by atoms with Crippen molar-refractivity contribution in [2.24, 2.45) is 0 Å². The molecule has 0 radical (unpaired) electrons. The fraction of sp³-hybridized carbons (Fsp3) is 0.684. The van der Waals surface area contributed by atoms with E-state index in [-0.39, 0.29) is 4.49 Å². The number of unbranched alkanes of at least 4 members (excludes halogenated alkanes) is 3. The molecule has 1 nitrogen and oxygen atoms in total. The van der Waals surface area contributed by atoms with Gasteiger partial charge in [-0.05, 0) is 0 Å². The van der Waals surface area contributed by atoms with Crippen molar-refractivity contribution < 1.29 is 0 Å². The normalized spacial score (nSPS) is 16.8. The number of hydrogen-bond acceptors (Lipinski definition) is 1. The minimum atomic E-state index is -2.40. The SMILES string of the molecule is CCCCP(Cl)(CCCC)(CCCC)C1C=CN(C(Cl)=C(Cl)Cl)C=C1. The van der Waals surface area contributed by atoms with Crippen molar-refractivity contribution in [1.82, 2.24) is 4.90 Å². The Morgan fingerprint density at radius 1 is 0.840 bits per heavy atom. The van der Waals surface area contributed by atoms with Gasteiger partial charge in [-0.15, -0.1) is 0 Å². The topological polar surface area (TPSA) is 3.24 Å². The summed E-state index contributed by atoms with van der Waals surface area (Å²) in [6.07, 6.45) is 19.0. The maximum absolute atomic E-state index is 7.72. The molecule has 1 heterocycles. The van der Waals surface area contributed by atoms with E-state index in [1.54, 1.807) is 4.90 Å². The summed E-state index contributed by atoms with van der Waals surface area (Å²) in [5.41, 5.74) is 0.298. The van der Waals surface area contributed by atoms with Gasteiger partial charge in [0.1, 0.15) is 0 Å². The molecule has 0 saturated carbocycles. The first kappa shape index (κ1) is 23.6. The van der Waals surface area contributed by atoms with Crippen LogP contribution in [0.25, 0.3) is 0 Å². The van der Waals surface area contributed by atoms with Gasteiger partial charge in [-0.25, -0.2) is 0 Å². The predicted octanol–water partition coefficient (Wildman–Crippen LogP) is 8.65. The summed E-state index contributed by atoms with van der Waals surface area (Å²) in [6, 6.07) is 0. The number of rotatable bonds is 11. The molecular weight excluding hydrogens is 415 g/mol. The average molecular weight is 447 g/mol. The van der Waals surface area contributed by atoms with E-state index in [2.05, 4.69) is 32.9 Å². The third kappa shape index (κ3) is 6.32. The van der Waals surface area contributed by atoms with Crippen molar-refractivity contribution in [1.29, 1.82) is 0 Å². The van der Waals surface area contributed by atoms with Gasteiger partial charge in [-0.3, -0.25) is 0 Å². The summed E-state index contributed by atoms with van der Waals surface area (Å²) in [6.45, 7) is 6.75. The molecule has 6 heteroatoms. The monoisotopic (exact) mass is 445 g/mol. The van der Waals surface area contributed by atoms with Crippen LogP contribution in [-0.4, -0.2) is 29.0 Å². The molecule has 146 valence electrons. The third-order valence-corrected chi connectivity index (χ3v) is 14.2. The van der Waals surface area contributed by atoms with E-state index in [9.17, 15) is 0 Å². The van der Waals surface area contributed by atoms with Gasteiger partial charge in [0.05, 0.1) is 0 Å². The Morgan fingerprint density at radius 3 is 1.56 bits per heavy atom. The molecule has 0 amide bonds. The Labute approximate surface area is 174 Å². The van der Waals surface area contributed by atoms with Crippen molar-refractivity contribution in [2.45, 2.75) is 65.0 Å². The zero-order valence-electron chi connectivity index (χ0n) is 15.7. The molecule has 0 aromatic heterocycles. The fourth-order valence-corrected chi connectivity index (χ4v) is 11.1. The second kappa shape index (κ2) is 10.8. The molecule has 0 aliphatic carbocycles. The van der Waals surface area contributed by atoms with Crippen LogP contribution in [0.15, 0.2) is 34.2 Å². The van der Waals surface area contributed by atoms with Crippen LogP contribution in [0.2, 0.25) is 0 Å². The quantitative estimate of drug-likeness (QED) is 0.226. The molecule has 1 aliphatic heterocycles. The van der Waals surface area contributed by atoms with Crippen molar-refractivity contribution in [3.63, 3.8) is 0 Å². The van der Waals surface area contributed by atoms with Gasteiger partial charge in [0.15, 0.2) is 0 Å². The van der Waals surface area contributed by atoms with E-state index in [1.807, 2.05) is 12.4 Å². The maximum atomic E-state index is 7.72. The molecule has 0 spiro atoms. The molecular formula is C19H32Cl4NP. The Balaban J connectivity index is 3.16. The van der Waals surface area contributed by atoms with Crippen LogP contribution in [-0.2, 0) is 0 Å². The van der Waals surface area contributed by atoms with Gasteiger partial charge in [0, 0.05) is 0 Å². The first-order chi connectivity index (χ1) is 11.8. The summed E-state index contributed by atoms with van der Waals surface area (Å²) in [5.74, 6) is -2.40. The van der Waals surface area contributed by atoms with Crippen LogP contribution in [0.4, 0.5) is 0 Å². The average Bonchev–Trinajstić information content (AvgIpc) is 2.63. The van der Waals surface area contributed by atoms with E-state index in [1.165, 1.54) is 38.5 Å². The molecule has 1 rings (SSSR count). The second-order valence-corrected chi connectivity index (χ2v) is 16.4. The molecule has 0 unspecified atom stereocenters. The van der Waals surface area contributed by atoms with E-state index in [4.69, 9.17) is 46.0 Å². The Bertz CT molecular complexity index is 473. The van der Waals surface area contributed by atoms with Gasteiger partial charge >= 0.3 is 175 Å². The second-order valence-electron chi connectivity index (χ2n) is 7.04. The number of halogens is 4. The van der Waals surface area contributed by atoms with Gasteiger partial charge in [0.2, 0.25) is 0 Å². The van der Waals surface area contributed by atoms with Crippen LogP contribution in [0.5, 0.6) is 0 Å². The van der Waals surface area contributed by atoms with E-state index in [0.717, 1.165) is 18.5 Å². The van der Waals surface area contributed by atoms with E-state index in [0.29, 0.717) is 10.8 Å². The number of nitrogens with zero attached hydrogens (tertiary/aromatic N) is 1. The summed E-state index contributed by atoms with van der Waals surface area (Å²) >= 11 is 25.5. The minimum absolute atomic E-state index is 0.0701. The summed E-state index contributed by atoms with van der Waals surface area (Å²) in [4.78, 5) is 1.75. The molecule has 1 aliphatic rings. The van der Waals surface area contributed by atoms with Gasteiger partial charge in [-0.2, -0.15) is 0 Å². The van der Waals surface area contributed by atoms with Crippen LogP contribution in [0.3, 0.4) is 0 Å². The summed E-state index contributed by atoms with van der Waals surface area (Å²) < 4.78 is 0.0701. The van der Waals surface area contributed by atoms with Crippen LogP contribution < -0.4 is 0 Å². The van der Waals surface area contributed by atoms with Crippen LogP contribution >= 0.6 is 52.0 Å². The Morgan fingerprint density at radius 2 is 1.24 bits per heavy atom. The standard InChI is InChI=1S/C19H32Cl4NP/c1-4-7-14-25(23,15-8-5-2,16-9-6-3)17-10-12-24(13-11-17)19(22)18(20)21/h10-13,17H,4-9,14-16H2,1-3H3. The van der Waals surface area contributed by atoms with Crippen molar-refractivity contribution in [3.05, 3.63) is 34.2 Å². The molecule has 0 atom stereocenters. The zero-order valence-corrected chi connectivity index (χ0v) is 19.6. The molecule has 0 fully saturated rings. The van der Waals surface area contributed by atoms with Crippen molar-refractivity contribution in [2.75, 3.05) is 18.5 Å². The molecule has 25 heavy (non-hydrogen) atoms. The summed E-state index contributed by atoms with van der Waals surface area (Å²) in [7, 11) is 0. The number of hydrogen-bond donors (Lipinski definition) is 0. The van der Waals surface area contributed by atoms with Crippen LogP contribution in [0, 0.1) is 0 Å². The van der Waals surface area contributed by atoms with E-state index >= 15 is 0 Å². The van der Waals surface area contributed by atoms with Crippen molar-refractivity contribution in [3.8, 4) is 0 Å². The Hall–Kier alpha value is 0.610. The third-order valence-electron chi connectivity index (χ3n) is 5.14. The summed E-state index contributed by atoms with van der Waals surface area (Å²) in [5, 5.41) is 0.319. The predicted molar refractivity (Wildman–Crippen MR) is 121 cm³/mol. The fourth-order valence-electron chi connectivity index (χ4n) is 3.52. The molecule has 0 bridgehead atoms. The van der Waals surface area contributed by atoms with Crippen LogP contribution in [0.1, 0.15) is 59.3 Å². The molecule has 0 aromatic rings. The van der Waals surface area contributed by atoms with Gasteiger partial charge in [-0.1, -0.05) is 0 Å². The molecule has 0 N–H and O–H groups in total. The van der Waals surface area contributed by atoms with Gasteiger partial charge < -0.3 is 0 Å². The van der Waals surface area contributed by atoms with Crippen molar-refractivity contribution >= 4 is 52.0 Å². The molecule has 0 aromatic carbocycles. The molecule has 0 saturated heterocycles. The first-order valence-corrected chi connectivity index (χ1v) is 14.3. The first-order valence-electron chi connectivity index (χ1n) is 9.39. The Kier molecular flexibility index (Phi) is 10.2.